The topological polar surface area (TPSA) is 55.5 Å². The first-order valence-electron chi connectivity index (χ1n) is 6.25. The third-order valence-corrected chi connectivity index (χ3v) is 3.66. The second kappa shape index (κ2) is 4.37. The summed E-state index contributed by atoms with van der Waals surface area (Å²) >= 11 is 0. The molecule has 0 unspecified atom stereocenters. The molecule has 0 atom stereocenters. The van der Waals surface area contributed by atoms with Crippen LogP contribution in [0.15, 0.2) is 21.3 Å². The van der Waals surface area contributed by atoms with Crippen molar-refractivity contribution in [3.05, 3.63) is 33.8 Å². The highest BCUT2D eigenvalue weighted by Gasteiger charge is 2.43. The van der Waals surface area contributed by atoms with Crippen LogP contribution in [0.1, 0.15) is 11.1 Å². The fourth-order valence-electron chi connectivity index (χ4n) is 2.53. The minimum absolute atomic E-state index is 0.00263. The summed E-state index contributed by atoms with van der Waals surface area (Å²) in [7, 11) is 1.56. The number of carbonyl (C=O) groups excluding carboxylic acids is 1. The maximum atomic E-state index is 12.5. The molecular weight excluding hydrogens is 289 g/mol. The van der Waals surface area contributed by atoms with E-state index in [0.29, 0.717) is 23.1 Å². The van der Waals surface area contributed by atoms with Crippen molar-refractivity contribution < 1.29 is 22.4 Å². The van der Waals surface area contributed by atoms with Gasteiger partial charge in [0.05, 0.1) is 5.52 Å². The molecule has 0 saturated carbocycles. The molecule has 1 aliphatic heterocycles. The van der Waals surface area contributed by atoms with Crippen LogP contribution < -0.4 is 5.76 Å². The fraction of sp³-hybridized carbons (Fsp3) is 0.385. The second-order valence-corrected chi connectivity index (χ2v) is 4.99. The lowest BCUT2D eigenvalue weighted by molar-refractivity contribution is -0.186. The maximum Gasteiger partial charge on any atom is 0.471 e. The molecule has 1 aliphatic rings. The highest BCUT2D eigenvalue weighted by atomic mass is 19.4. The predicted molar refractivity (Wildman–Crippen MR) is 66.6 cm³/mol. The van der Waals surface area contributed by atoms with Crippen molar-refractivity contribution >= 4 is 17.0 Å². The first kappa shape index (κ1) is 13.7. The summed E-state index contributed by atoms with van der Waals surface area (Å²) in [5.74, 6) is -2.38. The molecule has 0 radical (unpaired) electrons. The van der Waals surface area contributed by atoms with Gasteiger partial charge in [-0.2, -0.15) is 13.2 Å². The predicted octanol–water partition coefficient (Wildman–Crippen LogP) is 1.58. The number of hydrogen-bond acceptors (Lipinski definition) is 3. The van der Waals surface area contributed by atoms with E-state index >= 15 is 0 Å². The van der Waals surface area contributed by atoms with Gasteiger partial charge in [-0.25, -0.2) is 4.79 Å². The molecule has 1 amide bonds. The lowest BCUT2D eigenvalue weighted by Gasteiger charge is -2.29. The van der Waals surface area contributed by atoms with Crippen LogP contribution in [0.3, 0.4) is 0 Å². The number of rotatable bonds is 0. The Hall–Kier alpha value is -2.25. The monoisotopic (exact) mass is 300 g/mol. The number of fused-ring (bicyclic) bond motifs is 2. The Balaban J connectivity index is 2.00. The first-order valence-corrected chi connectivity index (χ1v) is 6.25. The summed E-state index contributed by atoms with van der Waals surface area (Å²) in [6.45, 7) is -0.134. The fourth-order valence-corrected chi connectivity index (χ4v) is 2.53. The number of hydrogen-bond donors (Lipinski definition) is 0. The minimum atomic E-state index is -4.87. The SMILES string of the molecule is Cn1c(=O)oc2cc3c(cc21)CCN(C(=O)C(F)(F)F)C3. The summed E-state index contributed by atoms with van der Waals surface area (Å²) < 4.78 is 43.7. The van der Waals surface area contributed by atoms with E-state index in [4.69, 9.17) is 4.42 Å². The molecular formula is C13H11F3N2O3. The lowest BCUT2D eigenvalue weighted by Crippen LogP contribution is -2.43. The van der Waals surface area contributed by atoms with Crippen molar-refractivity contribution in [3.63, 3.8) is 0 Å². The zero-order valence-corrected chi connectivity index (χ0v) is 11.0. The summed E-state index contributed by atoms with van der Waals surface area (Å²) in [4.78, 5) is 23.5. The number of nitrogens with zero attached hydrogens (tertiary/aromatic N) is 2. The van der Waals surface area contributed by atoms with Gasteiger partial charge in [0, 0.05) is 20.1 Å². The maximum absolute atomic E-state index is 12.5. The smallest absolute Gasteiger partial charge is 0.408 e. The number of halogens is 3. The first-order chi connectivity index (χ1) is 9.77. The molecule has 0 fully saturated rings. The highest BCUT2D eigenvalue weighted by molar-refractivity contribution is 5.82. The van der Waals surface area contributed by atoms with Crippen molar-refractivity contribution in [1.29, 1.82) is 0 Å². The van der Waals surface area contributed by atoms with Crippen molar-refractivity contribution in [1.82, 2.24) is 9.47 Å². The third-order valence-electron chi connectivity index (χ3n) is 3.66. The van der Waals surface area contributed by atoms with Crippen LogP contribution in [-0.2, 0) is 24.8 Å². The van der Waals surface area contributed by atoms with Crippen molar-refractivity contribution in [3.8, 4) is 0 Å². The van der Waals surface area contributed by atoms with Gasteiger partial charge >= 0.3 is 17.8 Å². The Morgan fingerprint density at radius 2 is 2.00 bits per heavy atom. The zero-order chi connectivity index (χ0) is 15.4. The van der Waals surface area contributed by atoms with Crippen molar-refractivity contribution in [2.24, 2.45) is 7.05 Å². The Morgan fingerprint density at radius 1 is 1.29 bits per heavy atom. The van der Waals surface area contributed by atoms with Gasteiger partial charge < -0.3 is 9.32 Å². The van der Waals surface area contributed by atoms with Crippen LogP contribution in [0.4, 0.5) is 13.2 Å². The number of aryl methyl sites for hydroxylation is 1. The van der Waals surface area contributed by atoms with E-state index in [1.165, 1.54) is 10.6 Å². The van der Waals surface area contributed by atoms with Crippen LogP contribution in [0.5, 0.6) is 0 Å². The quantitative estimate of drug-likeness (QED) is 0.742. The molecule has 3 rings (SSSR count). The number of aromatic nitrogens is 1. The highest BCUT2D eigenvalue weighted by Crippen LogP contribution is 2.27. The van der Waals surface area contributed by atoms with E-state index < -0.39 is 17.8 Å². The van der Waals surface area contributed by atoms with E-state index in [9.17, 15) is 22.8 Å². The molecule has 0 aliphatic carbocycles. The van der Waals surface area contributed by atoms with Gasteiger partial charge in [0.25, 0.3) is 0 Å². The average molecular weight is 300 g/mol. The van der Waals surface area contributed by atoms with Gasteiger partial charge in [-0.3, -0.25) is 9.36 Å². The van der Waals surface area contributed by atoms with Gasteiger partial charge in [-0.05, 0) is 29.7 Å². The van der Waals surface area contributed by atoms with E-state index in [1.54, 1.807) is 13.1 Å². The van der Waals surface area contributed by atoms with Gasteiger partial charge in [0.15, 0.2) is 5.58 Å². The Bertz CT molecular complexity index is 788. The Morgan fingerprint density at radius 3 is 2.67 bits per heavy atom. The van der Waals surface area contributed by atoms with Gasteiger partial charge in [0.1, 0.15) is 0 Å². The van der Waals surface area contributed by atoms with E-state index in [0.717, 1.165) is 10.5 Å². The standard InChI is InChI=1S/C13H11F3N2O3/c1-17-9-4-7-2-3-18(11(19)13(14,15)16)6-8(7)5-10(9)21-12(17)20/h4-5H,2-3,6H2,1H3. The Kier molecular flexibility index (Phi) is 2.86. The van der Waals surface area contributed by atoms with Crippen LogP contribution >= 0.6 is 0 Å². The van der Waals surface area contributed by atoms with Crippen molar-refractivity contribution in [2.75, 3.05) is 6.54 Å². The van der Waals surface area contributed by atoms with E-state index in [1.807, 2.05) is 0 Å². The summed E-state index contributed by atoms with van der Waals surface area (Å²) in [6, 6.07) is 3.26. The number of alkyl halides is 3. The van der Waals surface area contributed by atoms with Crippen LogP contribution in [-0.4, -0.2) is 28.1 Å². The van der Waals surface area contributed by atoms with Crippen LogP contribution in [0, 0.1) is 0 Å². The van der Waals surface area contributed by atoms with Gasteiger partial charge in [-0.15, -0.1) is 0 Å². The number of benzene rings is 1. The lowest BCUT2D eigenvalue weighted by atomic mass is 9.99. The summed E-state index contributed by atoms with van der Waals surface area (Å²) in [5, 5.41) is 0. The van der Waals surface area contributed by atoms with Crippen molar-refractivity contribution in [2.45, 2.75) is 19.1 Å². The molecule has 1 aromatic heterocycles. The molecule has 8 heteroatoms. The van der Waals surface area contributed by atoms with E-state index in [-0.39, 0.29) is 13.1 Å². The molecule has 0 bridgehead atoms. The van der Waals surface area contributed by atoms with E-state index in [2.05, 4.69) is 0 Å². The molecule has 2 aromatic rings. The summed E-state index contributed by atoms with van der Waals surface area (Å²) in [6.07, 6.45) is -4.56. The number of carbonyl (C=O) groups is 1. The third kappa shape index (κ3) is 2.20. The number of oxazole rings is 1. The molecule has 112 valence electrons. The molecule has 5 nitrogen and oxygen atoms in total. The Labute approximate surface area is 116 Å². The van der Waals surface area contributed by atoms with Crippen LogP contribution in [0.2, 0.25) is 0 Å². The molecule has 21 heavy (non-hydrogen) atoms. The zero-order valence-electron chi connectivity index (χ0n) is 11.0. The average Bonchev–Trinajstić information content (AvgIpc) is 2.69. The van der Waals surface area contributed by atoms with Gasteiger partial charge in [0.2, 0.25) is 0 Å². The molecule has 0 N–H and O–H groups in total. The van der Waals surface area contributed by atoms with Gasteiger partial charge in [-0.1, -0.05) is 0 Å². The number of amides is 1. The molecule has 1 aromatic carbocycles. The minimum Gasteiger partial charge on any atom is -0.408 e. The van der Waals surface area contributed by atoms with Crippen LogP contribution in [0.25, 0.3) is 11.1 Å². The largest absolute Gasteiger partial charge is 0.471 e. The normalized spacial score (nSPS) is 15.3. The molecule has 0 spiro atoms. The molecule has 0 saturated heterocycles. The summed E-state index contributed by atoms with van der Waals surface area (Å²) in [5.41, 5.74) is 2.29. The molecule has 2 heterocycles. The second-order valence-electron chi connectivity index (χ2n) is 4.99.